The van der Waals surface area contributed by atoms with Crippen molar-refractivity contribution in [1.82, 2.24) is 0 Å². The average Bonchev–Trinajstić information content (AvgIpc) is 2.40. The summed E-state index contributed by atoms with van der Waals surface area (Å²) in [4.78, 5) is 11.3. The summed E-state index contributed by atoms with van der Waals surface area (Å²) in [5, 5.41) is 0. The van der Waals surface area contributed by atoms with Crippen molar-refractivity contribution in [3.63, 3.8) is 0 Å². The maximum Gasteiger partial charge on any atom is 0.252 e. The third-order valence-corrected chi connectivity index (χ3v) is 3.61. The van der Waals surface area contributed by atoms with Crippen LogP contribution in [0.25, 0.3) is 0 Å². The second kappa shape index (κ2) is 5.75. The predicted molar refractivity (Wildman–Crippen MR) is 77.8 cm³/mol. The van der Waals surface area contributed by atoms with Gasteiger partial charge in [-0.3, -0.25) is 4.79 Å². The van der Waals surface area contributed by atoms with E-state index < -0.39 is 5.91 Å². The van der Waals surface area contributed by atoms with Gasteiger partial charge in [0.2, 0.25) is 0 Å². The second-order valence-corrected chi connectivity index (χ2v) is 4.76. The fourth-order valence-electron chi connectivity index (χ4n) is 1.66. The fourth-order valence-corrected chi connectivity index (χ4v) is 2.04. The van der Waals surface area contributed by atoms with E-state index in [4.69, 9.17) is 16.2 Å². The van der Waals surface area contributed by atoms with Crippen LogP contribution in [0.5, 0.6) is 5.75 Å². The van der Waals surface area contributed by atoms with E-state index >= 15 is 0 Å². The van der Waals surface area contributed by atoms with Gasteiger partial charge in [0, 0.05) is 15.7 Å². The number of nitrogens with two attached hydrogens (primary N) is 2. The van der Waals surface area contributed by atoms with E-state index in [9.17, 15) is 4.79 Å². The molecule has 4 N–H and O–H groups in total. The molecule has 0 spiro atoms. The number of hydrogen-bond acceptors (Lipinski definition) is 3. The predicted octanol–water partition coefficient (Wildman–Crippen LogP) is 2.71. The molecule has 4 nitrogen and oxygen atoms in total. The number of ether oxygens (including phenoxy) is 1. The first-order valence-electron chi connectivity index (χ1n) is 5.64. The molecule has 0 aliphatic carbocycles. The van der Waals surface area contributed by atoms with Crippen molar-refractivity contribution in [2.75, 3.05) is 5.73 Å². The van der Waals surface area contributed by atoms with Crippen molar-refractivity contribution < 1.29 is 9.53 Å². The molecule has 0 saturated heterocycles. The molecule has 19 heavy (non-hydrogen) atoms. The van der Waals surface area contributed by atoms with Gasteiger partial charge in [0.1, 0.15) is 12.4 Å². The van der Waals surface area contributed by atoms with Crippen molar-refractivity contribution in [2.45, 2.75) is 6.61 Å². The Balaban J connectivity index is 2.19. The third-order valence-electron chi connectivity index (χ3n) is 2.64. The van der Waals surface area contributed by atoms with E-state index in [1.54, 1.807) is 30.3 Å². The summed E-state index contributed by atoms with van der Waals surface area (Å²) in [6.45, 7) is 0.302. The van der Waals surface area contributed by atoms with Gasteiger partial charge in [0.15, 0.2) is 0 Å². The molecule has 0 aliphatic rings. The number of halogens is 1. The van der Waals surface area contributed by atoms with E-state index in [1.165, 1.54) is 0 Å². The molecule has 0 atom stereocenters. The molecular formula is C14H13BrN2O2. The first kappa shape index (κ1) is 13.4. The lowest BCUT2D eigenvalue weighted by Crippen LogP contribution is -2.13. The minimum atomic E-state index is -0.512. The quantitative estimate of drug-likeness (QED) is 0.850. The molecule has 0 fully saturated rings. The molecule has 0 heterocycles. The normalized spacial score (nSPS) is 10.2. The lowest BCUT2D eigenvalue weighted by Gasteiger charge is -2.11. The molecule has 0 aromatic heterocycles. The fraction of sp³-hybridized carbons (Fsp3) is 0.0714. The Morgan fingerprint density at radius 2 is 1.89 bits per heavy atom. The number of nitrogen functional groups attached to an aromatic ring is 1. The first-order chi connectivity index (χ1) is 9.09. The number of anilines is 1. The molecule has 2 rings (SSSR count). The number of hydrogen-bond donors (Lipinski definition) is 2. The molecule has 2 aromatic carbocycles. The number of para-hydroxylation sites is 1. The van der Waals surface area contributed by atoms with Crippen LogP contribution in [0.15, 0.2) is 46.9 Å². The summed E-state index contributed by atoms with van der Waals surface area (Å²) < 4.78 is 6.43. The van der Waals surface area contributed by atoms with Crippen LogP contribution in [-0.4, -0.2) is 5.91 Å². The Bertz CT molecular complexity index is 614. The zero-order valence-corrected chi connectivity index (χ0v) is 11.7. The van der Waals surface area contributed by atoms with Gasteiger partial charge in [-0.15, -0.1) is 0 Å². The van der Waals surface area contributed by atoms with Crippen LogP contribution in [0.3, 0.4) is 0 Å². The second-order valence-electron chi connectivity index (χ2n) is 3.97. The lowest BCUT2D eigenvalue weighted by molar-refractivity contribution is 0.0996. The SMILES string of the molecule is NC(=O)c1ccccc1OCc1cccc(N)c1Br. The molecule has 1 amide bonds. The summed E-state index contributed by atoms with van der Waals surface area (Å²) in [5.74, 6) is -0.0495. The molecule has 0 radical (unpaired) electrons. The van der Waals surface area contributed by atoms with E-state index in [1.807, 2.05) is 12.1 Å². The van der Waals surface area contributed by atoms with Gasteiger partial charge < -0.3 is 16.2 Å². The summed E-state index contributed by atoms with van der Waals surface area (Å²) in [6.07, 6.45) is 0. The zero-order chi connectivity index (χ0) is 13.8. The van der Waals surface area contributed by atoms with Crippen LogP contribution in [0.1, 0.15) is 15.9 Å². The van der Waals surface area contributed by atoms with Crippen LogP contribution < -0.4 is 16.2 Å². The van der Waals surface area contributed by atoms with E-state index in [2.05, 4.69) is 15.9 Å². The molecule has 0 bridgehead atoms. The van der Waals surface area contributed by atoms with Gasteiger partial charge >= 0.3 is 0 Å². The van der Waals surface area contributed by atoms with Crippen LogP contribution in [0, 0.1) is 0 Å². The van der Waals surface area contributed by atoms with Crippen molar-refractivity contribution in [1.29, 1.82) is 0 Å². The number of carbonyl (C=O) groups excluding carboxylic acids is 1. The third kappa shape index (κ3) is 3.06. The van der Waals surface area contributed by atoms with Crippen molar-refractivity contribution in [3.8, 4) is 5.75 Å². The molecule has 2 aromatic rings. The average molecular weight is 321 g/mol. The molecule has 98 valence electrons. The van der Waals surface area contributed by atoms with Gasteiger partial charge in [0.25, 0.3) is 5.91 Å². The highest BCUT2D eigenvalue weighted by molar-refractivity contribution is 9.10. The highest BCUT2D eigenvalue weighted by Crippen LogP contribution is 2.26. The minimum absolute atomic E-state index is 0.302. The number of rotatable bonds is 4. The number of benzene rings is 2. The molecule has 0 unspecified atom stereocenters. The maximum absolute atomic E-state index is 11.3. The Labute approximate surface area is 119 Å². The summed E-state index contributed by atoms with van der Waals surface area (Å²) in [7, 11) is 0. The van der Waals surface area contributed by atoms with Gasteiger partial charge in [-0.2, -0.15) is 0 Å². The smallest absolute Gasteiger partial charge is 0.252 e. The Kier molecular flexibility index (Phi) is 4.06. The topological polar surface area (TPSA) is 78.3 Å². The number of primary amides is 1. The van der Waals surface area contributed by atoms with Crippen LogP contribution >= 0.6 is 15.9 Å². The Hall–Kier alpha value is -2.01. The largest absolute Gasteiger partial charge is 0.488 e. The van der Waals surface area contributed by atoms with Gasteiger partial charge in [-0.05, 0) is 34.1 Å². The zero-order valence-electron chi connectivity index (χ0n) is 10.1. The van der Waals surface area contributed by atoms with E-state index in [0.717, 1.165) is 10.0 Å². The Morgan fingerprint density at radius 3 is 2.63 bits per heavy atom. The minimum Gasteiger partial charge on any atom is -0.488 e. The molecular weight excluding hydrogens is 308 g/mol. The van der Waals surface area contributed by atoms with Crippen LogP contribution in [0.4, 0.5) is 5.69 Å². The van der Waals surface area contributed by atoms with E-state index in [0.29, 0.717) is 23.6 Å². The molecule has 0 saturated carbocycles. The summed E-state index contributed by atoms with van der Waals surface area (Å²) >= 11 is 3.40. The molecule has 5 heteroatoms. The highest BCUT2D eigenvalue weighted by Gasteiger charge is 2.09. The van der Waals surface area contributed by atoms with Crippen molar-refractivity contribution in [2.24, 2.45) is 5.73 Å². The number of amides is 1. The first-order valence-corrected chi connectivity index (χ1v) is 6.43. The summed E-state index contributed by atoms with van der Waals surface area (Å²) in [5.41, 5.74) is 13.0. The van der Waals surface area contributed by atoms with Crippen molar-refractivity contribution >= 4 is 27.5 Å². The van der Waals surface area contributed by atoms with Gasteiger partial charge in [0.05, 0.1) is 5.56 Å². The molecule has 0 aliphatic heterocycles. The summed E-state index contributed by atoms with van der Waals surface area (Å²) in [6, 6.07) is 12.4. The monoisotopic (exact) mass is 320 g/mol. The highest BCUT2D eigenvalue weighted by atomic mass is 79.9. The van der Waals surface area contributed by atoms with Crippen molar-refractivity contribution in [3.05, 3.63) is 58.1 Å². The Morgan fingerprint density at radius 1 is 1.16 bits per heavy atom. The van der Waals surface area contributed by atoms with E-state index in [-0.39, 0.29) is 0 Å². The standard InChI is InChI=1S/C14H13BrN2O2/c15-13-9(4-3-6-11(13)16)8-19-12-7-2-1-5-10(12)14(17)18/h1-7H,8,16H2,(H2,17,18). The van der Waals surface area contributed by atoms with Crippen LogP contribution in [0.2, 0.25) is 0 Å². The van der Waals surface area contributed by atoms with Gasteiger partial charge in [-0.25, -0.2) is 0 Å². The van der Waals surface area contributed by atoms with Gasteiger partial charge in [-0.1, -0.05) is 24.3 Å². The lowest BCUT2D eigenvalue weighted by atomic mass is 10.2. The number of carbonyl (C=O) groups is 1. The van der Waals surface area contributed by atoms with Crippen LogP contribution in [-0.2, 0) is 6.61 Å². The maximum atomic E-state index is 11.3.